The average molecular weight is 500 g/mol. The van der Waals surface area contributed by atoms with Crippen LogP contribution in [0.3, 0.4) is 0 Å². The first-order valence-electron chi connectivity index (χ1n) is 12.9. The fourth-order valence-electron chi connectivity index (χ4n) is 6.99. The minimum atomic E-state index is -0.953. The number of esters is 1. The normalized spacial score (nSPS) is 24.6. The van der Waals surface area contributed by atoms with Crippen LogP contribution in [0.4, 0.5) is 5.69 Å². The lowest BCUT2D eigenvalue weighted by atomic mass is 9.48. The van der Waals surface area contributed by atoms with E-state index >= 15 is 0 Å². The number of para-hydroxylation sites is 2. The molecule has 1 saturated heterocycles. The SMILES string of the molecule is C[C@]12C(=O)N(c3ccccc3OC(=O)Cc3ccccc3)C(=O)[C@H]1C1c3ccccc3C2c2ccccc21. The fraction of sp³-hybridized carbons (Fsp3) is 0.182. The molecule has 38 heavy (non-hydrogen) atoms. The van der Waals surface area contributed by atoms with Gasteiger partial charge in [0.1, 0.15) is 0 Å². The van der Waals surface area contributed by atoms with Crippen molar-refractivity contribution in [1.29, 1.82) is 0 Å². The maximum absolute atomic E-state index is 14.4. The third kappa shape index (κ3) is 3.02. The first kappa shape index (κ1) is 22.7. The predicted octanol–water partition coefficient (Wildman–Crippen LogP) is 5.62. The molecule has 0 spiro atoms. The van der Waals surface area contributed by atoms with Crippen LogP contribution in [0, 0.1) is 11.3 Å². The Labute approximate surface area is 220 Å². The van der Waals surface area contributed by atoms with E-state index in [9.17, 15) is 14.4 Å². The van der Waals surface area contributed by atoms with Crippen molar-refractivity contribution in [3.8, 4) is 5.75 Å². The van der Waals surface area contributed by atoms with Gasteiger partial charge in [0.15, 0.2) is 5.75 Å². The van der Waals surface area contributed by atoms with E-state index in [-0.39, 0.29) is 35.8 Å². The van der Waals surface area contributed by atoms with Crippen LogP contribution in [0.25, 0.3) is 0 Å². The summed E-state index contributed by atoms with van der Waals surface area (Å²) in [6, 6.07) is 32.5. The van der Waals surface area contributed by atoms with Crippen LogP contribution >= 0.6 is 0 Å². The molecule has 5 heteroatoms. The molecule has 1 heterocycles. The van der Waals surface area contributed by atoms with Crippen molar-refractivity contribution in [2.75, 3.05) is 4.90 Å². The van der Waals surface area contributed by atoms with Gasteiger partial charge in [-0.05, 0) is 46.9 Å². The Morgan fingerprint density at radius 2 is 1.32 bits per heavy atom. The largest absolute Gasteiger partial charge is 0.424 e. The highest BCUT2D eigenvalue weighted by Gasteiger charge is 2.69. The Bertz CT molecular complexity index is 1580. The van der Waals surface area contributed by atoms with Crippen LogP contribution < -0.4 is 9.64 Å². The van der Waals surface area contributed by atoms with Gasteiger partial charge in [0.2, 0.25) is 11.8 Å². The summed E-state index contributed by atoms with van der Waals surface area (Å²) in [6.07, 6.45) is 0.0895. The number of hydrogen-bond acceptors (Lipinski definition) is 4. The summed E-state index contributed by atoms with van der Waals surface area (Å²) in [5.41, 5.74) is 4.64. The van der Waals surface area contributed by atoms with E-state index in [0.717, 1.165) is 27.8 Å². The van der Waals surface area contributed by atoms with Gasteiger partial charge in [-0.15, -0.1) is 0 Å². The van der Waals surface area contributed by atoms with E-state index in [4.69, 9.17) is 4.74 Å². The number of carbonyl (C=O) groups excluding carboxylic acids is 3. The molecule has 2 bridgehead atoms. The molecule has 2 atom stereocenters. The van der Waals surface area contributed by atoms with Crippen molar-refractivity contribution in [3.63, 3.8) is 0 Å². The second-order valence-electron chi connectivity index (χ2n) is 10.5. The zero-order valence-corrected chi connectivity index (χ0v) is 20.8. The highest BCUT2D eigenvalue weighted by Crippen LogP contribution is 2.67. The lowest BCUT2D eigenvalue weighted by molar-refractivity contribution is -0.134. The molecule has 186 valence electrons. The number of nitrogens with zero attached hydrogens (tertiary/aromatic N) is 1. The standard InChI is InChI=1S/C33H25NO4/c1-33-29-23-15-7-5-13-21(23)28(22-14-6-8-16-24(22)29)30(33)31(36)34(32(33)37)25-17-9-10-18-26(25)38-27(35)19-20-11-3-2-4-12-20/h2-18,28-30H,19H2,1H3/t28?,29?,30-,33-/m1/s1. The molecule has 0 saturated carbocycles. The summed E-state index contributed by atoms with van der Waals surface area (Å²) >= 11 is 0. The van der Waals surface area contributed by atoms with Crippen LogP contribution in [0.5, 0.6) is 5.75 Å². The van der Waals surface area contributed by atoms with Gasteiger partial charge in [-0.3, -0.25) is 14.4 Å². The number of imide groups is 1. The minimum absolute atomic E-state index is 0.0895. The van der Waals surface area contributed by atoms with E-state index < -0.39 is 17.3 Å². The number of benzene rings is 4. The van der Waals surface area contributed by atoms with Crippen LogP contribution in [0.2, 0.25) is 0 Å². The van der Waals surface area contributed by atoms with Gasteiger partial charge in [0.25, 0.3) is 0 Å². The molecule has 3 aliphatic carbocycles. The van der Waals surface area contributed by atoms with Crippen molar-refractivity contribution >= 4 is 23.5 Å². The van der Waals surface area contributed by atoms with Crippen LogP contribution in [0.15, 0.2) is 103 Å². The molecule has 1 aliphatic heterocycles. The monoisotopic (exact) mass is 499 g/mol. The zero-order valence-electron chi connectivity index (χ0n) is 20.8. The summed E-state index contributed by atoms with van der Waals surface area (Å²) in [7, 11) is 0. The fourth-order valence-corrected chi connectivity index (χ4v) is 6.99. The molecule has 5 nitrogen and oxygen atoms in total. The smallest absolute Gasteiger partial charge is 0.315 e. The zero-order chi connectivity index (χ0) is 26.0. The second-order valence-corrected chi connectivity index (χ2v) is 10.5. The highest BCUT2D eigenvalue weighted by molar-refractivity contribution is 6.25. The van der Waals surface area contributed by atoms with Gasteiger partial charge in [0.05, 0.1) is 23.4 Å². The minimum Gasteiger partial charge on any atom is -0.424 e. The number of amides is 2. The molecule has 0 radical (unpaired) electrons. The Morgan fingerprint density at radius 3 is 1.97 bits per heavy atom. The van der Waals surface area contributed by atoms with Gasteiger partial charge < -0.3 is 4.74 Å². The van der Waals surface area contributed by atoms with Crippen molar-refractivity contribution in [2.24, 2.45) is 11.3 Å². The maximum Gasteiger partial charge on any atom is 0.315 e. The lowest BCUT2D eigenvalue weighted by Gasteiger charge is -2.51. The third-order valence-corrected chi connectivity index (χ3v) is 8.53. The van der Waals surface area contributed by atoms with Crippen LogP contribution in [-0.4, -0.2) is 17.8 Å². The van der Waals surface area contributed by atoms with Crippen LogP contribution in [0.1, 0.15) is 46.6 Å². The molecule has 4 aromatic rings. The maximum atomic E-state index is 14.4. The molecular formula is C33H25NO4. The van der Waals surface area contributed by atoms with E-state index in [0.29, 0.717) is 5.69 Å². The van der Waals surface area contributed by atoms with Crippen molar-refractivity contribution in [2.45, 2.75) is 25.2 Å². The molecule has 0 N–H and O–H groups in total. The molecular weight excluding hydrogens is 474 g/mol. The summed E-state index contributed by atoms with van der Waals surface area (Å²) < 4.78 is 5.75. The van der Waals surface area contributed by atoms with Gasteiger partial charge in [-0.25, -0.2) is 4.90 Å². The van der Waals surface area contributed by atoms with Crippen LogP contribution in [-0.2, 0) is 20.8 Å². The third-order valence-electron chi connectivity index (χ3n) is 8.53. The van der Waals surface area contributed by atoms with E-state index in [1.54, 1.807) is 24.3 Å². The summed E-state index contributed by atoms with van der Waals surface area (Å²) in [6.45, 7) is 1.94. The topological polar surface area (TPSA) is 63.7 Å². The van der Waals surface area contributed by atoms with Gasteiger partial charge in [0, 0.05) is 11.8 Å². The number of ether oxygens (including phenoxy) is 1. The predicted molar refractivity (Wildman–Crippen MR) is 143 cm³/mol. The first-order valence-corrected chi connectivity index (χ1v) is 12.9. The molecule has 8 rings (SSSR count). The summed E-state index contributed by atoms with van der Waals surface area (Å²) in [5, 5.41) is 0. The Morgan fingerprint density at radius 1 is 0.763 bits per heavy atom. The molecule has 2 amide bonds. The molecule has 4 aliphatic rings. The number of rotatable bonds is 4. The Hall–Kier alpha value is -4.51. The number of carbonyl (C=O) groups is 3. The van der Waals surface area contributed by atoms with Gasteiger partial charge in [-0.1, -0.05) is 91.0 Å². The van der Waals surface area contributed by atoms with Crippen molar-refractivity contribution in [3.05, 3.63) is 131 Å². The Kier molecular flexibility index (Phi) is 4.92. The second kappa shape index (κ2) is 8.25. The summed E-state index contributed by atoms with van der Waals surface area (Å²) in [5.74, 6) is -1.74. The van der Waals surface area contributed by atoms with E-state index in [2.05, 4.69) is 24.3 Å². The van der Waals surface area contributed by atoms with Gasteiger partial charge >= 0.3 is 5.97 Å². The summed E-state index contributed by atoms with van der Waals surface area (Å²) in [4.78, 5) is 42.7. The van der Waals surface area contributed by atoms with E-state index in [1.165, 1.54) is 4.90 Å². The molecule has 1 fully saturated rings. The van der Waals surface area contributed by atoms with Gasteiger partial charge in [-0.2, -0.15) is 0 Å². The molecule has 0 unspecified atom stereocenters. The molecule has 4 aromatic carbocycles. The highest BCUT2D eigenvalue weighted by atomic mass is 16.5. The lowest BCUT2D eigenvalue weighted by Crippen LogP contribution is -2.49. The number of hydrogen-bond donors (Lipinski definition) is 0. The quantitative estimate of drug-likeness (QED) is 0.208. The number of anilines is 1. The first-order chi connectivity index (χ1) is 18.5. The molecule has 0 aromatic heterocycles. The van der Waals surface area contributed by atoms with Crippen molar-refractivity contribution < 1.29 is 19.1 Å². The van der Waals surface area contributed by atoms with E-state index in [1.807, 2.05) is 61.5 Å². The van der Waals surface area contributed by atoms with Crippen molar-refractivity contribution in [1.82, 2.24) is 0 Å². The Balaban J connectivity index is 1.31. The average Bonchev–Trinajstić information content (AvgIpc) is 3.14.